The minimum absolute atomic E-state index is 0.179. The number of nitrogens with one attached hydrogen (secondary N) is 1. The predicted octanol–water partition coefficient (Wildman–Crippen LogP) is 5.60. The Labute approximate surface area is 167 Å². The molecule has 2 aromatic carbocycles. The van der Waals surface area contributed by atoms with Crippen LogP contribution in [0.2, 0.25) is 10.2 Å². The van der Waals surface area contributed by atoms with Crippen molar-refractivity contribution in [3.63, 3.8) is 0 Å². The molecule has 0 aliphatic carbocycles. The van der Waals surface area contributed by atoms with Crippen LogP contribution in [0.5, 0.6) is 0 Å². The molecule has 2 heterocycles. The van der Waals surface area contributed by atoms with E-state index in [2.05, 4.69) is 16.5 Å². The second kappa shape index (κ2) is 6.55. The van der Waals surface area contributed by atoms with Crippen LogP contribution in [-0.4, -0.2) is 15.7 Å². The molecule has 0 atom stereocenters. The molecule has 6 heteroatoms. The number of hydrogen-bond acceptors (Lipinski definition) is 2. The third-order valence-corrected chi connectivity index (χ3v) is 5.28. The van der Waals surface area contributed by atoms with Gasteiger partial charge in [0.15, 0.2) is 0 Å². The number of carbonyl (C=O) groups excluding carboxylic acids is 1. The van der Waals surface area contributed by atoms with Crippen molar-refractivity contribution < 1.29 is 4.79 Å². The van der Waals surface area contributed by atoms with E-state index in [1.807, 2.05) is 32.9 Å². The Morgan fingerprint density at radius 1 is 1.07 bits per heavy atom. The Hall–Kier alpha value is -2.56. The number of fused-ring (bicyclic) bond motifs is 1. The summed E-state index contributed by atoms with van der Waals surface area (Å²) in [5, 5.41) is 8.49. The molecule has 0 unspecified atom stereocenters. The smallest absolute Gasteiger partial charge is 0.256 e. The second-order valence-electron chi connectivity index (χ2n) is 6.69. The highest BCUT2D eigenvalue weighted by Gasteiger charge is 2.26. The third kappa shape index (κ3) is 3.05. The van der Waals surface area contributed by atoms with Crippen molar-refractivity contribution in [2.24, 2.45) is 0 Å². The summed E-state index contributed by atoms with van der Waals surface area (Å²) in [6.07, 6.45) is 1.78. The maximum atomic E-state index is 12.4. The molecule has 1 amide bonds. The van der Waals surface area contributed by atoms with Crippen molar-refractivity contribution in [1.82, 2.24) is 9.78 Å². The molecule has 0 spiro atoms. The van der Waals surface area contributed by atoms with E-state index in [4.69, 9.17) is 23.2 Å². The first kappa shape index (κ1) is 17.8. The predicted molar refractivity (Wildman–Crippen MR) is 111 cm³/mol. The molecule has 1 aliphatic heterocycles. The lowest BCUT2D eigenvalue weighted by molar-refractivity contribution is -0.110. The zero-order valence-electron chi connectivity index (χ0n) is 15.1. The van der Waals surface area contributed by atoms with Gasteiger partial charge in [0.2, 0.25) is 0 Å². The van der Waals surface area contributed by atoms with E-state index in [0.717, 1.165) is 33.8 Å². The lowest BCUT2D eigenvalue weighted by atomic mass is 10.0. The van der Waals surface area contributed by atoms with E-state index in [0.29, 0.717) is 15.7 Å². The number of aryl methyl sites for hydroxylation is 3. The van der Waals surface area contributed by atoms with Crippen LogP contribution in [0.4, 0.5) is 5.69 Å². The Kier molecular flexibility index (Phi) is 4.33. The van der Waals surface area contributed by atoms with Crippen LogP contribution in [0.15, 0.2) is 36.4 Å². The second-order valence-corrected chi connectivity index (χ2v) is 7.49. The largest absolute Gasteiger partial charge is 0.321 e. The summed E-state index contributed by atoms with van der Waals surface area (Å²) in [7, 11) is 0. The number of amides is 1. The Morgan fingerprint density at radius 3 is 2.59 bits per heavy atom. The number of anilines is 1. The van der Waals surface area contributed by atoms with Crippen molar-refractivity contribution in [3.05, 3.63) is 74.5 Å². The molecule has 4 nitrogen and oxygen atoms in total. The number of nitrogens with zero attached hydrogens (tertiary/aromatic N) is 2. The molecule has 1 N–H and O–H groups in total. The van der Waals surface area contributed by atoms with Crippen LogP contribution in [-0.2, 0) is 4.79 Å². The Morgan fingerprint density at radius 2 is 1.85 bits per heavy atom. The van der Waals surface area contributed by atoms with Gasteiger partial charge in [0.1, 0.15) is 5.15 Å². The number of halogens is 2. The van der Waals surface area contributed by atoms with Crippen molar-refractivity contribution in [1.29, 1.82) is 0 Å². The third-order valence-electron chi connectivity index (χ3n) is 4.68. The molecular weight excluding hydrogens is 381 g/mol. The Bertz CT molecular complexity index is 1130. The summed E-state index contributed by atoms with van der Waals surface area (Å²) in [4.78, 5) is 12.4. The highest BCUT2D eigenvalue weighted by molar-refractivity contribution is 6.38. The van der Waals surface area contributed by atoms with E-state index in [1.54, 1.807) is 29.0 Å². The average Bonchev–Trinajstić information content (AvgIpc) is 3.06. The van der Waals surface area contributed by atoms with Crippen LogP contribution in [0, 0.1) is 20.8 Å². The molecule has 1 aliphatic rings. The fourth-order valence-corrected chi connectivity index (χ4v) is 3.82. The van der Waals surface area contributed by atoms with Crippen molar-refractivity contribution in [3.8, 4) is 5.69 Å². The number of rotatable bonds is 2. The van der Waals surface area contributed by atoms with Gasteiger partial charge in [0.25, 0.3) is 5.91 Å². The van der Waals surface area contributed by atoms with Gasteiger partial charge in [-0.2, -0.15) is 5.10 Å². The van der Waals surface area contributed by atoms with Gasteiger partial charge in [0, 0.05) is 27.4 Å². The van der Waals surface area contributed by atoms with Gasteiger partial charge in [-0.3, -0.25) is 4.79 Å². The van der Waals surface area contributed by atoms with Crippen LogP contribution in [0.3, 0.4) is 0 Å². The molecule has 136 valence electrons. The minimum Gasteiger partial charge on any atom is -0.321 e. The minimum atomic E-state index is -0.179. The van der Waals surface area contributed by atoms with Gasteiger partial charge >= 0.3 is 0 Å². The number of benzene rings is 2. The molecule has 1 aromatic heterocycles. The molecular formula is C21H17Cl2N3O. The first-order chi connectivity index (χ1) is 12.8. The summed E-state index contributed by atoms with van der Waals surface area (Å²) in [6, 6.07) is 11.4. The van der Waals surface area contributed by atoms with Crippen molar-refractivity contribution >= 4 is 46.4 Å². The van der Waals surface area contributed by atoms with Gasteiger partial charge in [-0.1, -0.05) is 40.9 Å². The summed E-state index contributed by atoms with van der Waals surface area (Å²) in [5.41, 5.74) is 6.66. The van der Waals surface area contributed by atoms with E-state index >= 15 is 0 Å². The van der Waals surface area contributed by atoms with Crippen molar-refractivity contribution in [2.75, 3.05) is 5.32 Å². The fraction of sp³-hybridized carbons (Fsp3) is 0.143. The number of hydrogen-bond donors (Lipinski definition) is 1. The zero-order chi connectivity index (χ0) is 19.3. The quantitative estimate of drug-likeness (QED) is 0.572. The van der Waals surface area contributed by atoms with Gasteiger partial charge < -0.3 is 5.32 Å². The zero-order valence-corrected chi connectivity index (χ0v) is 16.6. The molecule has 0 bridgehead atoms. The molecule has 0 fully saturated rings. The highest BCUT2D eigenvalue weighted by atomic mass is 35.5. The lowest BCUT2D eigenvalue weighted by Gasteiger charge is -2.08. The summed E-state index contributed by atoms with van der Waals surface area (Å²) >= 11 is 12.8. The van der Waals surface area contributed by atoms with E-state index < -0.39 is 0 Å². The molecule has 3 aromatic rings. The SMILES string of the molecule is Cc1ccc(-n2nc(C)c(/C=C3\C(=O)Nc4ccc(Cl)cc43)c2Cl)c(C)c1. The van der Waals surface area contributed by atoms with Crippen LogP contribution >= 0.6 is 23.2 Å². The van der Waals surface area contributed by atoms with Crippen LogP contribution in [0.1, 0.15) is 27.9 Å². The molecule has 27 heavy (non-hydrogen) atoms. The summed E-state index contributed by atoms with van der Waals surface area (Å²) in [6.45, 7) is 5.95. The van der Waals surface area contributed by atoms with Gasteiger partial charge in [0.05, 0.1) is 11.4 Å². The average molecular weight is 398 g/mol. The first-order valence-corrected chi connectivity index (χ1v) is 9.26. The number of aromatic nitrogens is 2. The maximum absolute atomic E-state index is 12.4. The maximum Gasteiger partial charge on any atom is 0.256 e. The van der Waals surface area contributed by atoms with Crippen molar-refractivity contribution in [2.45, 2.75) is 20.8 Å². The monoisotopic (exact) mass is 397 g/mol. The van der Waals surface area contributed by atoms with Gasteiger partial charge in [-0.15, -0.1) is 0 Å². The van der Waals surface area contributed by atoms with E-state index in [9.17, 15) is 4.79 Å². The van der Waals surface area contributed by atoms with Crippen LogP contribution in [0.25, 0.3) is 17.3 Å². The lowest BCUT2D eigenvalue weighted by Crippen LogP contribution is -2.03. The first-order valence-electron chi connectivity index (χ1n) is 8.51. The normalized spacial score (nSPS) is 14.6. The Balaban J connectivity index is 1.85. The molecule has 0 saturated carbocycles. The summed E-state index contributed by atoms with van der Waals surface area (Å²) < 4.78 is 1.71. The van der Waals surface area contributed by atoms with Gasteiger partial charge in [-0.25, -0.2) is 4.68 Å². The highest BCUT2D eigenvalue weighted by Crippen LogP contribution is 2.37. The van der Waals surface area contributed by atoms with E-state index in [1.165, 1.54) is 5.56 Å². The number of carbonyl (C=O) groups is 1. The summed E-state index contributed by atoms with van der Waals surface area (Å²) in [5.74, 6) is -0.179. The fourth-order valence-electron chi connectivity index (χ4n) is 3.33. The standard InChI is InChI=1S/C21H17Cl2N3O/c1-11-4-7-19(12(2)8-11)26-20(23)15(13(3)25-26)10-17-16-9-14(22)5-6-18(16)24-21(17)27/h4-10H,1-3H3,(H,24,27)/b17-10-. The van der Waals surface area contributed by atoms with Gasteiger partial charge in [-0.05, 0) is 56.7 Å². The van der Waals surface area contributed by atoms with Crippen LogP contribution < -0.4 is 5.32 Å². The molecule has 0 radical (unpaired) electrons. The topological polar surface area (TPSA) is 46.9 Å². The van der Waals surface area contributed by atoms with E-state index in [-0.39, 0.29) is 5.91 Å². The molecule has 4 rings (SSSR count). The molecule has 0 saturated heterocycles.